The van der Waals surface area contributed by atoms with E-state index >= 15 is 0 Å². The molecule has 0 bridgehead atoms. The third-order valence-corrected chi connectivity index (χ3v) is 2.90. The second kappa shape index (κ2) is 6.49. The van der Waals surface area contributed by atoms with Crippen LogP contribution in [0.5, 0.6) is 0 Å². The van der Waals surface area contributed by atoms with Crippen molar-refractivity contribution in [3.63, 3.8) is 0 Å². The van der Waals surface area contributed by atoms with Crippen LogP contribution in [0.3, 0.4) is 0 Å². The van der Waals surface area contributed by atoms with Gasteiger partial charge in [0.25, 0.3) is 0 Å². The van der Waals surface area contributed by atoms with Crippen molar-refractivity contribution in [1.82, 2.24) is 5.32 Å². The summed E-state index contributed by atoms with van der Waals surface area (Å²) in [5.74, 6) is 0.580. The molecule has 102 valence electrons. The summed E-state index contributed by atoms with van der Waals surface area (Å²) >= 11 is 5.97. The van der Waals surface area contributed by atoms with E-state index in [4.69, 9.17) is 29.1 Å². The van der Waals surface area contributed by atoms with E-state index in [1.54, 1.807) is 0 Å². The van der Waals surface area contributed by atoms with Crippen LogP contribution in [0.25, 0.3) is 0 Å². The average Bonchev–Trinajstić information content (AvgIpc) is 2.39. The van der Waals surface area contributed by atoms with Crippen LogP contribution in [0.4, 0.5) is 0 Å². The van der Waals surface area contributed by atoms with Gasteiger partial charge in [0.05, 0.1) is 0 Å². The van der Waals surface area contributed by atoms with Crippen LogP contribution in [0, 0.1) is 0 Å². The largest absolute Gasteiger partial charge is 0.394 e. The van der Waals surface area contributed by atoms with E-state index in [9.17, 15) is 0 Å². The summed E-state index contributed by atoms with van der Waals surface area (Å²) in [5.41, 5.74) is 2.86. The molecule has 0 saturated heterocycles. The minimum absolute atomic E-state index is 0.580. The van der Waals surface area contributed by atoms with Crippen molar-refractivity contribution >= 4 is 22.0 Å². The third kappa shape index (κ3) is 5.79. The Kier molecular flexibility index (Phi) is 5.55. The Labute approximate surface area is 112 Å². The summed E-state index contributed by atoms with van der Waals surface area (Å²) < 4.78 is 31.6. The maximum atomic E-state index is 8.74. The molecule has 3 N–H and O–H groups in total. The van der Waals surface area contributed by atoms with Crippen LogP contribution in [-0.2, 0) is 16.8 Å². The molecular formula is C11H16ClNO4S. The summed E-state index contributed by atoms with van der Waals surface area (Å²) in [6, 6.07) is 6.24. The van der Waals surface area contributed by atoms with Gasteiger partial charge in [-0.25, -0.2) is 0 Å². The van der Waals surface area contributed by atoms with E-state index in [0.29, 0.717) is 5.92 Å². The number of fused-ring (bicyclic) bond motifs is 1. The van der Waals surface area contributed by atoms with Gasteiger partial charge in [-0.2, -0.15) is 8.42 Å². The monoisotopic (exact) mass is 293 g/mol. The van der Waals surface area contributed by atoms with Crippen molar-refractivity contribution in [2.45, 2.75) is 19.3 Å². The summed E-state index contributed by atoms with van der Waals surface area (Å²) in [5, 5.41) is 4.27. The smallest absolute Gasteiger partial charge is 0.316 e. The molecule has 18 heavy (non-hydrogen) atoms. The fraction of sp³-hybridized carbons (Fsp3) is 0.455. The first-order valence-electron chi connectivity index (χ1n) is 5.46. The highest BCUT2D eigenvalue weighted by molar-refractivity contribution is 7.79. The molecule has 0 fully saturated rings. The molecule has 1 aromatic carbocycles. The van der Waals surface area contributed by atoms with Crippen molar-refractivity contribution in [2.24, 2.45) is 0 Å². The highest BCUT2D eigenvalue weighted by Gasteiger charge is 2.13. The first kappa shape index (κ1) is 15.4. The zero-order valence-corrected chi connectivity index (χ0v) is 11.5. The average molecular weight is 294 g/mol. The lowest BCUT2D eigenvalue weighted by Crippen LogP contribution is -2.18. The number of benzene rings is 1. The number of nitrogens with one attached hydrogen (secondary N) is 1. The highest BCUT2D eigenvalue weighted by atomic mass is 35.5. The lowest BCUT2D eigenvalue weighted by Gasteiger charge is -2.11. The van der Waals surface area contributed by atoms with Crippen molar-refractivity contribution in [3.05, 3.63) is 34.3 Å². The van der Waals surface area contributed by atoms with Gasteiger partial charge in [0.1, 0.15) is 0 Å². The maximum absolute atomic E-state index is 8.74. The Morgan fingerprint density at radius 3 is 2.61 bits per heavy atom. The minimum Gasteiger partial charge on any atom is -0.316 e. The van der Waals surface area contributed by atoms with Gasteiger partial charge < -0.3 is 5.32 Å². The molecule has 5 nitrogen and oxygen atoms in total. The zero-order chi connectivity index (χ0) is 13.8. The Balaban J connectivity index is 0.000000280. The third-order valence-electron chi connectivity index (χ3n) is 2.66. The van der Waals surface area contributed by atoms with E-state index in [1.165, 1.54) is 11.1 Å². The van der Waals surface area contributed by atoms with Gasteiger partial charge >= 0.3 is 10.4 Å². The van der Waals surface area contributed by atoms with Crippen LogP contribution in [0.15, 0.2) is 18.2 Å². The zero-order valence-electron chi connectivity index (χ0n) is 9.93. The van der Waals surface area contributed by atoms with Gasteiger partial charge in [0, 0.05) is 11.6 Å². The number of rotatable bonds is 0. The number of halogens is 1. The normalized spacial score (nSPS) is 19.2. The van der Waals surface area contributed by atoms with Gasteiger partial charge in [-0.15, -0.1) is 0 Å². The van der Waals surface area contributed by atoms with Crippen molar-refractivity contribution in [1.29, 1.82) is 0 Å². The van der Waals surface area contributed by atoms with Crippen LogP contribution >= 0.6 is 11.6 Å². The van der Waals surface area contributed by atoms with Gasteiger partial charge in [-0.05, 0) is 42.1 Å². The van der Waals surface area contributed by atoms with Gasteiger partial charge in [0.15, 0.2) is 0 Å². The van der Waals surface area contributed by atoms with Gasteiger partial charge in [-0.1, -0.05) is 24.6 Å². The number of hydrogen-bond donors (Lipinski definition) is 3. The fourth-order valence-corrected chi connectivity index (χ4v) is 2.08. The Bertz CT molecular complexity index is 496. The summed E-state index contributed by atoms with van der Waals surface area (Å²) in [6.07, 6.45) is 1.12. The molecular weight excluding hydrogens is 278 g/mol. The molecule has 1 heterocycles. The summed E-state index contributed by atoms with van der Waals surface area (Å²) in [7, 11) is -4.67. The predicted octanol–water partition coefficient (Wildman–Crippen LogP) is 1.94. The summed E-state index contributed by atoms with van der Waals surface area (Å²) in [4.78, 5) is 0. The van der Waals surface area contributed by atoms with Gasteiger partial charge in [-0.3, -0.25) is 9.11 Å². The molecule has 0 aromatic heterocycles. The Hall–Kier alpha value is -0.660. The Morgan fingerprint density at radius 2 is 2.00 bits per heavy atom. The molecule has 0 aliphatic carbocycles. The molecule has 0 amide bonds. The molecule has 0 spiro atoms. The van der Waals surface area contributed by atoms with Gasteiger partial charge in [0.2, 0.25) is 0 Å². The molecule has 1 aliphatic rings. The topological polar surface area (TPSA) is 86.6 Å². The molecule has 1 atom stereocenters. The van der Waals surface area contributed by atoms with Crippen LogP contribution < -0.4 is 5.32 Å². The first-order chi connectivity index (χ1) is 8.27. The predicted molar refractivity (Wildman–Crippen MR) is 70.6 cm³/mol. The second-order valence-electron chi connectivity index (χ2n) is 4.15. The summed E-state index contributed by atoms with van der Waals surface area (Å²) in [6.45, 7) is 4.39. The van der Waals surface area contributed by atoms with E-state index in [2.05, 4.69) is 24.4 Å². The fourth-order valence-electron chi connectivity index (χ4n) is 1.90. The van der Waals surface area contributed by atoms with Crippen LogP contribution in [-0.4, -0.2) is 30.6 Å². The molecule has 2 rings (SSSR count). The first-order valence-corrected chi connectivity index (χ1v) is 7.24. The Morgan fingerprint density at radius 1 is 1.39 bits per heavy atom. The lowest BCUT2D eigenvalue weighted by atomic mass is 9.96. The maximum Gasteiger partial charge on any atom is 0.394 e. The van der Waals surface area contributed by atoms with Crippen molar-refractivity contribution in [3.8, 4) is 0 Å². The second-order valence-corrected chi connectivity index (χ2v) is 5.48. The van der Waals surface area contributed by atoms with Crippen molar-refractivity contribution < 1.29 is 17.5 Å². The van der Waals surface area contributed by atoms with Crippen LogP contribution in [0.2, 0.25) is 5.02 Å². The minimum atomic E-state index is -4.67. The number of hydrogen-bond acceptors (Lipinski definition) is 3. The highest BCUT2D eigenvalue weighted by Crippen LogP contribution is 2.25. The molecule has 0 radical (unpaired) electrons. The SMILES string of the molecule is C[C@H]1CNCCc2ccc(Cl)cc21.O=S(=O)(O)O. The molecule has 1 aliphatic heterocycles. The van der Waals surface area contributed by atoms with E-state index in [1.807, 2.05) is 6.07 Å². The molecule has 0 saturated carbocycles. The van der Waals surface area contributed by atoms with E-state index in [0.717, 1.165) is 24.5 Å². The lowest BCUT2D eigenvalue weighted by molar-refractivity contribution is 0.381. The van der Waals surface area contributed by atoms with E-state index in [-0.39, 0.29) is 0 Å². The molecule has 1 aromatic rings. The standard InChI is InChI=1S/C11H14ClN.H2O4S/c1-8-7-13-5-4-9-2-3-10(12)6-11(8)9;1-5(2,3)4/h2-3,6,8,13H,4-5,7H2,1H3;(H2,1,2,3,4)/t8-;/m0./s1. The van der Waals surface area contributed by atoms with Crippen LogP contribution in [0.1, 0.15) is 24.0 Å². The molecule has 7 heteroatoms. The molecule has 0 unspecified atom stereocenters. The van der Waals surface area contributed by atoms with E-state index < -0.39 is 10.4 Å². The quantitative estimate of drug-likeness (QED) is 0.636. The van der Waals surface area contributed by atoms with Crippen molar-refractivity contribution in [2.75, 3.05) is 13.1 Å².